The fraction of sp³-hybridized carbons (Fsp3) is 0.615. The Hall–Kier alpha value is -1.18. The highest BCUT2D eigenvalue weighted by atomic mass is 32.2. The molecule has 1 aliphatic heterocycles. The Kier molecular flexibility index (Phi) is 4.95. The molecule has 0 bridgehead atoms. The number of imidazole rings is 1. The van der Waals surface area contributed by atoms with Crippen LogP contribution in [0.1, 0.15) is 25.6 Å². The number of nitrogens with one attached hydrogen (secondary N) is 2. The molecule has 1 aliphatic rings. The molecular formula is C13H22N4O2S. The number of hydrogen-bond donors (Lipinski definition) is 2. The lowest BCUT2D eigenvalue weighted by molar-refractivity contribution is 0.576. The van der Waals surface area contributed by atoms with E-state index in [2.05, 4.69) is 21.1 Å². The summed E-state index contributed by atoms with van der Waals surface area (Å²) in [7, 11) is -3.50. The second-order valence-corrected chi connectivity index (χ2v) is 6.59. The normalized spacial score (nSPS) is 16.2. The molecular weight excluding hydrogens is 276 g/mol. The van der Waals surface area contributed by atoms with E-state index in [4.69, 9.17) is 0 Å². The standard InChI is InChI=1S/C13H22N4O2S/c1-3-17-10-13(16-11(17)2)20(18,19)15-9-6-12-4-7-14-8-5-12/h4,10,14-15H,3,5-9H2,1-2H3. The van der Waals surface area contributed by atoms with Crippen LogP contribution in [-0.2, 0) is 16.6 Å². The largest absolute Gasteiger partial charge is 0.334 e. The molecule has 2 heterocycles. The number of aryl methyl sites for hydroxylation is 2. The Labute approximate surface area is 120 Å². The minimum Gasteiger partial charge on any atom is -0.334 e. The van der Waals surface area contributed by atoms with Gasteiger partial charge in [-0.2, -0.15) is 0 Å². The predicted molar refractivity (Wildman–Crippen MR) is 78.0 cm³/mol. The Morgan fingerprint density at radius 1 is 1.50 bits per heavy atom. The van der Waals surface area contributed by atoms with E-state index < -0.39 is 10.0 Å². The molecule has 0 amide bonds. The van der Waals surface area contributed by atoms with Gasteiger partial charge in [-0.3, -0.25) is 0 Å². The number of rotatable bonds is 6. The first-order valence-corrected chi connectivity index (χ1v) is 8.43. The maximum Gasteiger partial charge on any atom is 0.259 e. The van der Waals surface area contributed by atoms with Crippen LogP contribution in [0.25, 0.3) is 0 Å². The third-order valence-corrected chi connectivity index (χ3v) is 4.80. The molecule has 0 spiro atoms. The Morgan fingerprint density at radius 3 is 2.90 bits per heavy atom. The molecule has 0 radical (unpaired) electrons. The van der Waals surface area contributed by atoms with Crippen LogP contribution in [0.2, 0.25) is 0 Å². The molecule has 112 valence electrons. The van der Waals surface area contributed by atoms with E-state index in [0.717, 1.165) is 25.9 Å². The van der Waals surface area contributed by atoms with Crippen LogP contribution >= 0.6 is 0 Å². The van der Waals surface area contributed by atoms with E-state index in [0.29, 0.717) is 18.9 Å². The van der Waals surface area contributed by atoms with Gasteiger partial charge in [0.15, 0.2) is 5.03 Å². The van der Waals surface area contributed by atoms with Crippen molar-refractivity contribution in [2.75, 3.05) is 19.6 Å². The van der Waals surface area contributed by atoms with Gasteiger partial charge >= 0.3 is 0 Å². The average molecular weight is 298 g/mol. The molecule has 0 aliphatic carbocycles. The first kappa shape index (κ1) is 15.2. The van der Waals surface area contributed by atoms with Crippen molar-refractivity contribution in [2.45, 2.75) is 38.3 Å². The van der Waals surface area contributed by atoms with Crippen LogP contribution in [0.4, 0.5) is 0 Å². The Morgan fingerprint density at radius 2 is 2.30 bits per heavy atom. The Balaban J connectivity index is 1.94. The minimum atomic E-state index is -3.50. The maximum absolute atomic E-state index is 12.1. The summed E-state index contributed by atoms with van der Waals surface area (Å²) >= 11 is 0. The van der Waals surface area contributed by atoms with Crippen LogP contribution in [0.3, 0.4) is 0 Å². The highest BCUT2D eigenvalue weighted by Crippen LogP contribution is 2.11. The maximum atomic E-state index is 12.1. The van der Waals surface area contributed by atoms with Crippen LogP contribution in [0.15, 0.2) is 22.9 Å². The quantitative estimate of drug-likeness (QED) is 0.762. The van der Waals surface area contributed by atoms with Crippen LogP contribution in [0.5, 0.6) is 0 Å². The van der Waals surface area contributed by atoms with Crippen molar-refractivity contribution in [1.29, 1.82) is 0 Å². The highest BCUT2D eigenvalue weighted by molar-refractivity contribution is 7.89. The summed E-state index contributed by atoms with van der Waals surface area (Å²) in [5.41, 5.74) is 1.31. The van der Waals surface area contributed by atoms with Gasteiger partial charge in [0.2, 0.25) is 0 Å². The van der Waals surface area contributed by atoms with Gasteiger partial charge in [-0.25, -0.2) is 18.1 Å². The molecule has 1 aromatic heterocycles. The van der Waals surface area contributed by atoms with Crippen molar-refractivity contribution in [2.24, 2.45) is 0 Å². The lowest BCUT2D eigenvalue weighted by atomic mass is 10.1. The summed E-state index contributed by atoms with van der Waals surface area (Å²) in [4.78, 5) is 4.11. The SMILES string of the molecule is CCn1cc(S(=O)(=O)NCCC2=CCNCC2)nc1C. The average Bonchev–Trinajstić information content (AvgIpc) is 2.82. The molecule has 0 aromatic carbocycles. The van der Waals surface area contributed by atoms with Crippen LogP contribution in [0, 0.1) is 6.92 Å². The molecule has 6 nitrogen and oxygen atoms in total. The predicted octanol–water partition coefficient (Wildman–Crippen LogP) is 0.800. The van der Waals surface area contributed by atoms with Crippen molar-refractivity contribution < 1.29 is 8.42 Å². The van der Waals surface area contributed by atoms with Crippen molar-refractivity contribution in [3.63, 3.8) is 0 Å². The lowest BCUT2D eigenvalue weighted by Gasteiger charge is -2.13. The Bertz CT molecular complexity index is 590. The van der Waals surface area contributed by atoms with Gasteiger partial charge in [0.05, 0.1) is 0 Å². The minimum absolute atomic E-state index is 0.108. The van der Waals surface area contributed by atoms with Gasteiger partial charge in [-0.05, 0) is 33.2 Å². The van der Waals surface area contributed by atoms with Gasteiger partial charge in [-0.15, -0.1) is 0 Å². The zero-order chi connectivity index (χ0) is 14.6. The van der Waals surface area contributed by atoms with Gasteiger partial charge in [0.25, 0.3) is 10.0 Å². The molecule has 20 heavy (non-hydrogen) atoms. The zero-order valence-corrected chi connectivity index (χ0v) is 12.8. The molecule has 0 saturated heterocycles. The summed E-state index contributed by atoms with van der Waals surface area (Å²) in [5, 5.41) is 3.34. The van der Waals surface area contributed by atoms with Crippen molar-refractivity contribution in [1.82, 2.24) is 19.6 Å². The fourth-order valence-corrected chi connectivity index (χ4v) is 3.28. The van der Waals surface area contributed by atoms with Gasteiger partial charge in [0, 0.05) is 25.8 Å². The van der Waals surface area contributed by atoms with Crippen molar-refractivity contribution in [3.05, 3.63) is 23.7 Å². The molecule has 0 saturated carbocycles. The second kappa shape index (κ2) is 6.51. The number of nitrogens with zero attached hydrogens (tertiary/aromatic N) is 2. The topological polar surface area (TPSA) is 76.0 Å². The van der Waals surface area contributed by atoms with Crippen molar-refractivity contribution >= 4 is 10.0 Å². The number of sulfonamides is 1. The summed E-state index contributed by atoms with van der Waals surface area (Å²) in [6.45, 7) is 6.76. The summed E-state index contributed by atoms with van der Waals surface area (Å²) in [6, 6.07) is 0. The monoisotopic (exact) mass is 298 g/mol. The first-order chi connectivity index (χ1) is 9.53. The zero-order valence-electron chi connectivity index (χ0n) is 12.0. The van der Waals surface area contributed by atoms with Crippen molar-refractivity contribution in [3.8, 4) is 0 Å². The van der Waals surface area contributed by atoms with E-state index in [1.807, 2.05) is 18.4 Å². The summed E-state index contributed by atoms with van der Waals surface area (Å²) in [5.74, 6) is 0.717. The number of hydrogen-bond acceptors (Lipinski definition) is 4. The van der Waals surface area contributed by atoms with E-state index in [1.54, 1.807) is 6.20 Å². The molecule has 0 fully saturated rings. The van der Waals surface area contributed by atoms with Crippen LogP contribution in [-0.4, -0.2) is 37.6 Å². The highest BCUT2D eigenvalue weighted by Gasteiger charge is 2.18. The summed E-state index contributed by atoms with van der Waals surface area (Å²) < 4.78 is 28.7. The smallest absolute Gasteiger partial charge is 0.259 e. The lowest BCUT2D eigenvalue weighted by Crippen LogP contribution is -2.27. The third-order valence-electron chi connectivity index (χ3n) is 3.47. The van der Waals surface area contributed by atoms with E-state index in [-0.39, 0.29) is 5.03 Å². The molecule has 0 atom stereocenters. The first-order valence-electron chi connectivity index (χ1n) is 6.95. The van der Waals surface area contributed by atoms with Gasteiger partial charge in [-0.1, -0.05) is 11.6 Å². The molecule has 2 N–H and O–H groups in total. The second-order valence-electron chi connectivity index (χ2n) is 4.88. The van der Waals surface area contributed by atoms with E-state index >= 15 is 0 Å². The molecule has 1 aromatic rings. The third kappa shape index (κ3) is 3.68. The number of aromatic nitrogens is 2. The van der Waals surface area contributed by atoms with Gasteiger partial charge < -0.3 is 9.88 Å². The molecule has 7 heteroatoms. The molecule has 2 rings (SSSR count). The van der Waals surface area contributed by atoms with Crippen LogP contribution < -0.4 is 10.0 Å². The summed E-state index contributed by atoms with van der Waals surface area (Å²) in [6.07, 6.45) is 5.47. The fourth-order valence-electron chi connectivity index (χ4n) is 2.25. The van der Waals surface area contributed by atoms with E-state index in [9.17, 15) is 8.42 Å². The van der Waals surface area contributed by atoms with Gasteiger partial charge in [0.1, 0.15) is 5.82 Å². The molecule has 0 unspecified atom stereocenters. The van der Waals surface area contributed by atoms with E-state index in [1.165, 1.54) is 5.57 Å².